The van der Waals surface area contributed by atoms with Crippen molar-refractivity contribution in [3.8, 4) is 11.5 Å². The predicted molar refractivity (Wildman–Crippen MR) is 84.3 cm³/mol. The lowest BCUT2D eigenvalue weighted by atomic mass is 10.2. The molecule has 0 atom stereocenters. The Bertz CT molecular complexity index is 528. The van der Waals surface area contributed by atoms with Crippen LogP contribution in [0.2, 0.25) is 0 Å². The number of hydrogen-bond acceptors (Lipinski definition) is 3. The molecule has 0 bridgehead atoms. The zero-order valence-corrected chi connectivity index (χ0v) is 13.0. The minimum Gasteiger partial charge on any atom is -0.497 e. The lowest BCUT2D eigenvalue weighted by molar-refractivity contribution is 0.313. The first kappa shape index (κ1) is 14.9. The molecule has 0 fully saturated rings. The molecule has 1 N–H and O–H groups in total. The van der Waals surface area contributed by atoms with Gasteiger partial charge in [-0.2, -0.15) is 0 Å². The van der Waals surface area contributed by atoms with Crippen LogP contribution >= 0.6 is 15.9 Å². The van der Waals surface area contributed by atoms with Gasteiger partial charge in [-0.3, -0.25) is 0 Å². The largest absolute Gasteiger partial charge is 0.497 e. The number of ether oxygens (including phenoxy) is 2. The van der Waals surface area contributed by atoms with E-state index in [9.17, 15) is 0 Å². The Kier molecular flexibility index (Phi) is 5.89. The number of halogens is 1. The van der Waals surface area contributed by atoms with Crippen LogP contribution in [-0.4, -0.2) is 20.3 Å². The van der Waals surface area contributed by atoms with Gasteiger partial charge in [-0.25, -0.2) is 0 Å². The molecule has 0 heterocycles. The summed E-state index contributed by atoms with van der Waals surface area (Å²) < 4.78 is 11.8. The average molecular weight is 336 g/mol. The first-order valence-corrected chi connectivity index (χ1v) is 7.29. The molecule has 3 nitrogen and oxygen atoms in total. The van der Waals surface area contributed by atoms with Crippen molar-refractivity contribution in [2.75, 3.05) is 20.3 Å². The van der Waals surface area contributed by atoms with Gasteiger partial charge < -0.3 is 14.8 Å². The normalized spacial score (nSPS) is 10.3. The molecule has 0 saturated carbocycles. The molecule has 0 aromatic heterocycles. The number of rotatable bonds is 7. The number of nitrogens with one attached hydrogen (secondary N) is 1. The summed E-state index contributed by atoms with van der Waals surface area (Å²) in [6, 6.07) is 15.9. The Hall–Kier alpha value is -1.52. The van der Waals surface area contributed by atoms with Crippen LogP contribution in [-0.2, 0) is 6.54 Å². The molecule has 2 aromatic rings. The summed E-state index contributed by atoms with van der Waals surface area (Å²) in [5.41, 5.74) is 1.23. The third kappa shape index (κ3) is 4.87. The van der Waals surface area contributed by atoms with Crippen molar-refractivity contribution in [3.63, 3.8) is 0 Å². The van der Waals surface area contributed by atoms with Gasteiger partial charge in [0, 0.05) is 17.6 Å². The van der Waals surface area contributed by atoms with Crippen molar-refractivity contribution in [3.05, 3.63) is 58.6 Å². The maximum atomic E-state index is 5.65. The van der Waals surface area contributed by atoms with Crippen molar-refractivity contribution in [2.24, 2.45) is 0 Å². The third-order valence-corrected chi connectivity index (χ3v) is 3.33. The highest BCUT2D eigenvalue weighted by Gasteiger charge is 1.96. The number of methoxy groups -OCH3 is 1. The highest BCUT2D eigenvalue weighted by Crippen LogP contribution is 2.17. The zero-order chi connectivity index (χ0) is 14.2. The van der Waals surface area contributed by atoms with Crippen LogP contribution in [0.3, 0.4) is 0 Å². The molecule has 0 radical (unpaired) electrons. The second kappa shape index (κ2) is 7.92. The van der Waals surface area contributed by atoms with Crippen molar-refractivity contribution in [1.29, 1.82) is 0 Å². The van der Waals surface area contributed by atoms with Crippen molar-refractivity contribution in [1.82, 2.24) is 5.32 Å². The second-order valence-electron chi connectivity index (χ2n) is 4.33. The average Bonchev–Trinajstić information content (AvgIpc) is 2.48. The number of benzene rings is 2. The highest BCUT2D eigenvalue weighted by molar-refractivity contribution is 9.10. The second-order valence-corrected chi connectivity index (χ2v) is 5.25. The van der Waals surface area contributed by atoms with E-state index >= 15 is 0 Å². The fraction of sp³-hybridized carbons (Fsp3) is 0.250. The van der Waals surface area contributed by atoms with Gasteiger partial charge in [0.25, 0.3) is 0 Å². The first-order valence-electron chi connectivity index (χ1n) is 6.50. The van der Waals surface area contributed by atoms with E-state index in [2.05, 4.69) is 33.4 Å². The SMILES string of the molecule is COc1ccc(CNCCOc2cccc(Br)c2)cc1. The van der Waals surface area contributed by atoms with E-state index in [1.54, 1.807) is 7.11 Å². The van der Waals surface area contributed by atoms with Crippen molar-refractivity contribution >= 4 is 15.9 Å². The Balaban J connectivity index is 1.66. The molecular formula is C16H18BrNO2. The molecule has 4 heteroatoms. The van der Waals surface area contributed by atoms with Gasteiger partial charge >= 0.3 is 0 Å². The van der Waals surface area contributed by atoms with Crippen LogP contribution < -0.4 is 14.8 Å². The van der Waals surface area contributed by atoms with Crippen LogP contribution in [0.4, 0.5) is 0 Å². The topological polar surface area (TPSA) is 30.5 Å². The number of hydrogen-bond donors (Lipinski definition) is 1. The molecule has 2 aromatic carbocycles. The minimum absolute atomic E-state index is 0.645. The zero-order valence-electron chi connectivity index (χ0n) is 11.4. The van der Waals surface area contributed by atoms with E-state index in [1.807, 2.05) is 36.4 Å². The van der Waals surface area contributed by atoms with E-state index < -0.39 is 0 Å². The Morgan fingerprint density at radius 3 is 2.55 bits per heavy atom. The van der Waals surface area contributed by atoms with Crippen molar-refractivity contribution in [2.45, 2.75) is 6.54 Å². The third-order valence-electron chi connectivity index (χ3n) is 2.83. The molecule has 0 unspecified atom stereocenters. The molecule has 106 valence electrons. The molecule has 0 aliphatic heterocycles. The smallest absolute Gasteiger partial charge is 0.120 e. The van der Waals surface area contributed by atoms with Crippen LogP contribution in [0.1, 0.15) is 5.56 Å². The van der Waals surface area contributed by atoms with Crippen LogP contribution in [0, 0.1) is 0 Å². The summed E-state index contributed by atoms with van der Waals surface area (Å²) in [4.78, 5) is 0. The van der Waals surface area contributed by atoms with E-state index in [0.717, 1.165) is 29.1 Å². The van der Waals surface area contributed by atoms with E-state index in [4.69, 9.17) is 9.47 Å². The summed E-state index contributed by atoms with van der Waals surface area (Å²) in [6.45, 7) is 2.27. The van der Waals surface area contributed by atoms with Crippen LogP contribution in [0.25, 0.3) is 0 Å². The molecule has 0 amide bonds. The summed E-state index contributed by atoms with van der Waals surface area (Å²) in [7, 11) is 1.67. The summed E-state index contributed by atoms with van der Waals surface area (Å²) >= 11 is 3.42. The molecule has 0 aliphatic rings. The fourth-order valence-corrected chi connectivity index (χ4v) is 2.15. The van der Waals surface area contributed by atoms with Gasteiger partial charge in [0.1, 0.15) is 18.1 Å². The summed E-state index contributed by atoms with van der Waals surface area (Å²) in [6.07, 6.45) is 0. The summed E-state index contributed by atoms with van der Waals surface area (Å²) in [5.74, 6) is 1.76. The predicted octanol–water partition coefficient (Wildman–Crippen LogP) is 3.63. The maximum Gasteiger partial charge on any atom is 0.120 e. The van der Waals surface area contributed by atoms with Gasteiger partial charge in [0.05, 0.1) is 7.11 Å². The lowest BCUT2D eigenvalue weighted by Gasteiger charge is -2.08. The Morgan fingerprint density at radius 2 is 1.85 bits per heavy atom. The molecule has 0 spiro atoms. The van der Waals surface area contributed by atoms with Gasteiger partial charge in [0.15, 0.2) is 0 Å². The minimum atomic E-state index is 0.645. The van der Waals surface area contributed by atoms with Crippen LogP contribution in [0.15, 0.2) is 53.0 Å². The van der Waals surface area contributed by atoms with Gasteiger partial charge in [-0.1, -0.05) is 34.1 Å². The Labute approximate surface area is 128 Å². The maximum absolute atomic E-state index is 5.65. The van der Waals surface area contributed by atoms with Gasteiger partial charge in [-0.05, 0) is 35.9 Å². The van der Waals surface area contributed by atoms with Crippen molar-refractivity contribution < 1.29 is 9.47 Å². The fourth-order valence-electron chi connectivity index (χ4n) is 1.77. The molecule has 20 heavy (non-hydrogen) atoms. The van der Waals surface area contributed by atoms with E-state index in [0.29, 0.717) is 6.61 Å². The van der Waals surface area contributed by atoms with Gasteiger partial charge in [-0.15, -0.1) is 0 Å². The first-order chi connectivity index (χ1) is 9.78. The van der Waals surface area contributed by atoms with E-state index in [-0.39, 0.29) is 0 Å². The molecule has 0 aliphatic carbocycles. The lowest BCUT2D eigenvalue weighted by Crippen LogP contribution is -2.20. The molecule has 2 rings (SSSR count). The molecular weight excluding hydrogens is 318 g/mol. The highest BCUT2D eigenvalue weighted by atomic mass is 79.9. The molecule has 0 saturated heterocycles. The van der Waals surface area contributed by atoms with Gasteiger partial charge in [0.2, 0.25) is 0 Å². The standard InChI is InChI=1S/C16H18BrNO2/c1-19-15-7-5-13(6-8-15)12-18-9-10-20-16-4-2-3-14(17)11-16/h2-8,11,18H,9-10,12H2,1H3. The summed E-state index contributed by atoms with van der Waals surface area (Å²) in [5, 5.41) is 3.35. The van der Waals surface area contributed by atoms with E-state index in [1.165, 1.54) is 5.56 Å². The van der Waals surface area contributed by atoms with Crippen LogP contribution in [0.5, 0.6) is 11.5 Å². The Morgan fingerprint density at radius 1 is 1.05 bits per heavy atom. The quantitative estimate of drug-likeness (QED) is 0.784. The monoisotopic (exact) mass is 335 g/mol.